The second-order valence-electron chi connectivity index (χ2n) is 8.66. The molecule has 0 heterocycles. The third kappa shape index (κ3) is 9.10. The Balaban J connectivity index is 0.000000198. The zero-order valence-corrected chi connectivity index (χ0v) is 24.9. The van der Waals surface area contributed by atoms with Gasteiger partial charge in [-0.2, -0.15) is 86.0 Å². The summed E-state index contributed by atoms with van der Waals surface area (Å²) in [7, 11) is 0. The Kier molecular flexibility index (Phi) is 12.9. The predicted molar refractivity (Wildman–Crippen MR) is 164 cm³/mol. The third-order valence-electron chi connectivity index (χ3n) is 5.85. The Morgan fingerprint density at radius 3 is 1.38 bits per heavy atom. The van der Waals surface area contributed by atoms with Crippen LogP contribution in [0.25, 0.3) is 12.2 Å². The van der Waals surface area contributed by atoms with Gasteiger partial charge in [0.1, 0.15) is 0 Å². The van der Waals surface area contributed by atoms with E-state index in [0.717, 1.165) is 16.7 Å². The molecule has 0 N–H and O–H groups in total. The van der Waals surface area contributed by atoms with Crippen LogP contribution in [0.15, 0.2) is 133 Å². The number of allylic oxidation sites excluding steroid dienone is 1. The van der Waals surface area contributed by atoms with Gasteiger partial charge in [-0.3, -0.25) is 0 Å². The molecule has 0 atom stereocenters. The van der Waals surface area contributed by atoms with Gasteiger partial charge in [-0.05, 0) is 10.4 Å². The molecule has 0 saturated carbocycles. The van der Waals surface area contributed by atoms with Gasteiger partial charge >= 0.3 is 0 Å². The number of fused-ring (bicyclic) bond motifs is 4. The molecule has 0 saturated heterocycles. The smallest absolute Gasteiger partial charge is 0 e. The number of benzene rings is 5. The fraction of sp³-hybridized carbons (Fsp3) is 0. The minimum absolute atomic E-state index is 0. The average Bonchev–Trinajstić information content (AvgIpc) is 3.56. The zero-order chi connectivity index (χ0) is 25.9. The summed E-state index contributed by atoms with van der Waals surface area (Å²) >= 11 is 0. The van der Waals surface area contributed by atoms with Gasteiger partial charge in [0.2, 0.25) is 0 Å². The van der Waals surface area contributed by atoms with Crippen molar-refractivity contribution in [3.8, 4) is 0 Å². The topological polar surface area (TPSA) is 0 Å². The second kappa shape index (κ2) is 16.1. The maximum Gasteiger partial charge on any atom is 0 e. The first kappa shape index (κ1) is 31.3. The van der Waals surface area contributed by atoms with E-state index in [1.165, 1.54) is 32.0 Å². The van der Waals surface area contributed by atoms with Gasteiger partial charge < -0.3 is 7.43 Å². The summed E-state index contributed by atoms with van der Waals surface area (Å²) in [4.78, 5) is 0. The van der Waals surface area contributed by atoms with Crippen molar-refractivity contribution in [2.45, 2.75) is 0 Å². The van der Waals surface area contributed by atoms with Crippen molar-refractivity contribution in [2.75, 3.05) is 0 Å². The second-order valence-corrected chi connectivity index (χ2v) is 8.66. The molecule has 2 aliphatic carbocycles. The van der Waals surface area contributed by atoms with E-state index in [2.05, 4.69) is 75.4 Å². The van der Waals surface area contributed by atoms with Crippen LogP contribution in [0, 0.1) is 44.7 Å². The molecule has 1 heteroatoms. The number of hydrogen-bond acceptors (Lipinski definition) is 0. The molecule has 2 aliphatic rings. The molecule has 39 heavy (non-hydrogen) atoms. The summed E-state index contributed by atoms with van der Waals surface area (Å²) in [5.41, 5.74) is 5.78. The van der Waals surface area contributed by atoms with E-state index >= 15 is 0 Å². The normalized spacial score (nSPS) is 10.3. The summed E-state index contributed by atoms with van der Waals surface area (Å²) in [6.45, 7) is 11.2. The van der Waals surface area contributed by atoms with Crippen molar-refractivity contribution in [2.24, 2.45) is 0 Å². The van der Waals surface area contributed by atoms with E-state index in [1.807, 2.05) is 97.1 Å². The summed E-state index contributed by atoms with van der Waals surface area (Å²) in [6.07, 6.45) is 9.71. The van der Waals surface area contributed by atoms with Gasteiger partial charge in [-0.25, -0.2) is 0 Å². The molecule has 0 amide bonds. The molecule has 0 aliphatic heterocycles. The van der Waals surface area contributed by atoms with Crippen LogP contribution in [0.5, 0.6) is 0 Å². The Morgan fingerprint density at radius 2 is 0.923 bits per heavy atom. The van der Waals surface area contributed by atoms with Crippen LogP contribution in [0.3, 0.4) is 0 Å². The van der Waals surface area contributed by atoms with Crippen LogP contribution in [0.2, 0.25) is 0 Å². The van der Waals surface area contributed by atoms with Crippen LogP contribution in [-0.4, -0.2) is 0 Å². The fourth-order valence-electron chi connectivity index (χ4n) is 3.99. The molecule has 0 nitrogen and oxygen atoms in total. The quantitative estimate of drug-likeness (QED) is 0.162. The summed E-state index contributed by atoms with van der Waals surface area (Å²) in [6, 6.07) is 42.6. The molecule has 7 rings (SSSR count). The van der Waals surface area contributed by atoms with E-state index < -0.39 is 0 Å². The van der Waals surface area contributed by atoms with Crippen molar-refractivity contribution >= 4 is 12.2 Å². The monoisotopic (exact) mass is 579 g/mol. The van der Waals surface area contributed by atoms with E-state index in [9.17, 15) is 0 Å². The molecule has 0 aromatic heterocycles. The molecule has 0 bridgehead atoms. The number of hydrogen-bond donors (Lipinski definition) is 0. The zero-order valence-electron chi connectivity index (χ0n) is 22.5. The Bertz CT molecular complexity index is 1580. The maximum atomic E-state index is 3.72. The first-order chi connectivity index (χ1) is 18.1. The van der Waals surface area contributed by atoms with Crippen molar-refractivity contribution in [3.05, 3.63) is 216 Å². The molecule has 0 unspecified atom stereocenters. The van der Waals surface area contributed by atoms with E-state index in [0.29, 0.717) is 0 Å². The minimum atomic E-state index is 0. The predicted octanol–water partition coefficient (Wildman–Crippen LogP) is 7.67. The molecule has 0 radical (unpaired) electrons. The maximum absolute atomic E-state index is 3.72. The first-order valence-electron chi connectivity index (χ1n) is 12.3. The molecular formula is C38H33Zr-5. The van der Waals surface area contributed by atoms with Gasteiger partial charge in [0, 0.05) is 26.2 Å². The van der Waals surface area contributed by atoms with Crippen LogP contribution in [0.4, 0.5) is 0 Å². The Hall–Kier alpha value is -3.93. The first-order valence-corrected chi connectivity index (χ1v) is 12.3. The van der Waals surface area contributed by atoms with Crippen LogP contribution in [-0.2, 0) is 26.2 Å². The SMILES string of the molecule is [C-]1=CC=c2ccc3c(c21)C=c1ccccc1=3.[CH2-]c1ccccc1.[CH2-]c1ccccc1.[CH2-]c1ccccc1.[CH3-].[Zr]. The fourth-order valence-corrected chi connectivity index (χ4v) is 3.99. The summed E-state index contributed by atoms with van der Waals surface area (Å²) in [5, 5.41) is 5.28. The van der Waals surface area contributed by atoms with Crippen molar-refractivity contribution in [1.29, 1.82) is 0 Å². The summed E-state index contributed by atoms with van der Waals surface area (Å²) < 4.78 is 0. The molecule has 5 aromatic rings. The third-order valence-corrected chi connectivity index (χ3v) is 5.85. The molecule has 0 spiro atoms. The van der Waals surface area contributed by atoms with Crippen molar-refractivity contribution < 1.29 is 26.2 Å². The van der Waals surface area contributed by atoms with Gasteiger partial charge in [-0.1, -0.05) is 65.4 Å². The summed E-state index contributed by atoms with van der Waals surface area (Å²) in [5.74, 6) is 0. The van der Waals surface area contributed by atoms with Gasteiger partial charge in [0.05, 0.1) is 0 Å². The number of rotatable bonds is 0. The van der Waals surface area contributed by atoms with Crippen molar-refractivity contribution in [1.82, 2.24) is 0 Å². The van der Waals surface area contributed by atoms with Crippen molar-refractivity contribution in [3.63, 3.8) is 0 Å². The molecule has 194 valence electrons. The Morgan fingerprint density at radius 1 is 0.462 bits per heavy atom. The van der Waals surface area contributed by atoms with Crippen LogP contribution < -0.4 is 10.4 Å². The van der Waals surface area contributed by atoms with Gasteiger partial charge in [0.15, 0.2) is 0 Å². The Labute approximate surface area is 253 Å². The van der Waals surface area contributed by atoms with E-state index in [-0.39, 0.29) is 33.6 Å². The van der Waals surface area contributed by atoms with E-state index in [4.69, 9.17) is 0 Å². The van der Waals surface area contributed by atoms with Gasteiger partial charge in [0.25, 0.3) is 0 Å². The standard InChI is InChI=1S/C16H9.3C7H7.CH3.Zr/c1-2-6-14-12(4-1)10-16-13-7-3-5-11(13)8-9-15(14)16;3*1-7-5-3-2-4-6-7;;/h1-6,8-10H;3*2-6H,1H2;1H3;/q5*-1;. The molecular weight excluding hydrogens is 548 g/mol. The van der Waals surface area contributed by atoms with E-state index in [1.54, 1.807) is 0 Å². The van der Waals surface area contributed by atoms with Crippen LogP contribution >= 0.6 is 0 Å². The van der Waals surface area contributed by atoms with Crippen LogP contribution in [0.1, 0.15) is 27.8 Å². The molecule has 5 aromatic carbocycles. The molecule has 0 fully saturated rings. The minimum Gasteiger partial charge on any atom is -0.358 e. The van der Waals surface area contributed by atoms with Gasteiger partial charge in [-0.15, -0.1) is 59.3 Å². The average molecular weight is 581 g/mol. The largest absolute Gasteiger partial charge is 0.358 e.